The number of rotatable bonds is 4. The fraction of sp³-hybridized carbons (Fsp3) is 0.176. The van der Waals surface area contributed by atoms with Gasteiger partial charge in [0.2, 0.25) is 0 Å². The number of thiol groups is 1. The first-order chi connectivity index (χ1) is 11.0. The molecule has 0 saturated carbocycles. The topological polar surface area (TPSA) is 25.8 Å². The predicted molar refractivity (Wildman–Crippen MR) is 108 cm³/mol. The third kappa shape index (κ3) is 4.01. The number of allylic oxidation sites excluding steroid dienone is 4. The maximum atomic E-state index is 4.56. The molecule has 23 heavy (non-hydrogen) atoms. The van der Waals surface area contributed by atoms with Crippen LogP contribution in [0, 0.1) is 6.92 Å². The van der Waals surface area contributed by atoms with Crippen LogP contribution in [-0.2, 0) is 0 Å². The Bertz CT molecular complexity index is 876. The van der Waals surface area contributed by atoms with E-state index in [0.717, 1.165) is 25.4 Å². The quantitative estimate of drug-likeness (QED) is 0.413. The van der Waals surface area contributed by atoms with E-state index in [2.05, 4.69) is 54.7 Å². The molecule has 3 heterocycles. The molecule has 3 aromatic rings. The smallest absolute Gasteiger partial charge is 0.133 e. The van der Waals surface area contributed by atoms with E-state index in [0.29, 0.717) is 0 Å². The van der Waals surface area contributed by atoms with E-state index in [9.17, 15) is 0 Å². The molecule has 0 radical (unpaired) electrons. The van der Waals surface area contributed by atoms with E-state index < -0.39 is 0 Å². The third-order valence-electron chi connectivity index (χ3n) is 3.12. The maximum absolute atomic E-state index is 4.56. The molecule has 0 unspecified atom stereocenters. The van der Waals surface area contributed by atoms with Gasteiger partial charge in [-0.1, -0.05) is 12.2 Å². The summed E-state index contributed by atoms with van der Waals surface area (Å²) in [4.78, 5) is 15.0. The Balaban J connectivity index is 1.85. The van der Waals surface area contributed by atoms with Crippen molar-refractivity contribution in [1.82, 2.24) is 9.97 Å². The summed E-state index contributed by atoms with van der Waals surface area (Å²) in [7, 11) is 0. The highest BCUT2D eigenvalue weighted by molar-refractivity contribution is 7.84. The molecule has 0 aliphatic heterocycles. The monoisotopic (exact) mass is 376 g/mol. The summed E-state index contributed by atoms with van der Waals surface area (Å²) in [6.07, 6.45) is 7.93. The van der Waals surface area contributed by atoms with Gasteiger partial charge >= 0.3 is 0 Å². The first-order valence-corrected chi connectivity index (χ1v) is 9.96. The molecule has 2 nitrogen and oxygen atoms in total. The van der Waals surface area contributed by atoms with E-state index in [1.54, 1.807) is 34.0 Å². The molecule has 3 rings (SSSR count). The van der Waals surface area contributed by atoms with Crippen molar-refractivity contribution < 1.29 is 0 Å². The molecule has 0 N–H and O–H groups in total. The molecule has 6 heteroatoms. The molecule has 0 amide bonds. The lowest BCUT2D eigenvalue weighted by Crippen LogP contribution is -1.74. The Morgan fingerprint density at radius 1 is 0.957 bits per heavy atom. The molecule has 0 aliphatic rings. The van der Waals surface area contributed by atoms with Crippen molar-refractivity contribution >= 4 is 52.2 Å². The van der Waals surface area contributed by atoms with Gasteiger partial charge in [0.25, 0.3) is 0 Å². The van der Waals surface area contributed by atoms with Crippen molar-refractivity contribution in [2.45, 2.75) is 20.8 Å². The summed E-state index contributed by atoms with van der Waals surface area (Å²) in [6, 6.07) is 4.27. The minimum Gasteiger partial charge on any atom is -0.244 e. The van der Waals surface area contributed by atoms with Crippen molar-refractivity contribution in [1.29, 1.82) is 0 Å². The summed E-state index contributed by atoms with van der Waals surface area (Å²) in [6.45, 7) is 6.15. The van der Waals surface area contributed by atoms with Crippen LogP contribution in [0.1, 0.15) is 23.7 Å². The molecule has 0 spiro atoms. The van der Waals surface area contributed by atoms with E-state index in [-0.39, 0.29) is 0 Å². The second-order valence-corrected chi connectivity index (χ2v) is 9.18. The molecule has 3 aromatic heterocycles. The van der Waals surface area contributed by atoms with E-state index in [1.807, 2.05) is 25.4 Å². The van der Waals surface area contributed by atoms with Gasteiger partial charge in [0, 0.05) is 17.3 Å². The van der Waals surface area contributed by atoms with Crippen molar-refractivity contribution in [3.8, 4) is 19.6 Å². The number of thiazole rings is 2. The highest BCUT2D eigenvalue weighted by atomic mass is 32.1. The second-order valence-electron chi connectivity index (χ2n) is 5.13. The molecule has 0 fully saturated rings. The number of aromatic nitrogens is 2. The van der Waals surface area contributed by atoms with Gasteiger partial charge in [0.1, 0.15) is 10.0 Å². The van der Waals surface area contributed by atoms with Crippen molar-refractivity contribution in [3.05, 3.63) is 51.5 Å². The van der Waals surface area contributed by atoms with Crippen molar-refractivity contribution in [3.63, 3.8) is 0 Å². The largest absolute Gasteiger partial charge is 0.244 e. The zero-order valence-corrected chi connectivity index (χ0v) is 16.4. The van der Waals surface area contributed by atoms with Crippen molar-refractivity contribution in [2.24, 2.45) is 0 Å². The average Bonchev–Trinajstić information content (AvgIpc) is 3.23. The zero-order valence-electron chi connectivity index (χ0n) is 13.0. The molecule has 0 aliphatic carbocycles. The van der Waals surface area contributed by atoms with Gasteiger partial charge < -0.3 is 0 Å². The first kappa shape index (κ1) is 16.6. The Morgan fingerprint density at radius 3 is 2.39 bits per heavy atom. The minimum atomic E-state index is 0.986. The lowest BCUT2D eigenvalue weighted by molar-refractivity contribution is 1.36. The van der Waals surface area contributed by atoms with Crippen LogP contribution in [0.3, 0.4) is 0 Å². The van der Waals surface area contributed by atoms with Crippen LogP contribution in [0.5, 0.6) is 0 Å². The predicted octanol–water partition coefficient (Wildman–Crippen LogP) is 6.54. The maximum Gasteiger partial charge on any atom is 0.133 e. The molecule has 118 valence electrons. The van der Waals surface area contributed by atoms with Gasteiger partial charge in [0.05, 0.1) is 14.6 Å². The van der Waals surface area contributed by atoms with Gasteiger partial charge in [-0.25, -0.2) is 9.97 Å². The number of nitrogens with zero attached hydrogens (tertiary/aromatic N) is 2. The van der Waals surface area contributed by atoms with Crippen LogP contribution in [0.4, 0.5) is 0 Å². The van der Waals surface area contributed by atoms with Crippen LogP contribution in [0.15, 0.2) is 41.6 Å². The third-order valence-corrected chi connectivity index (χ3v) is 6.76. The molecule has 0 bridgehead atoms. The summed E-state index contributed by atoms with van der Waals surface area (Å²) in [5, 5.41) is 2.11. The molecule has 0 atom stereocenters. The fourth-order valence-corrected chi connectivity index (χ4v) is 4.81. The molecule has 0 aromatic carbocycles. The Kier molecular flexibility index (Phi) is 5.16. The molecular formula is C17H16N2S4. The Morgan fingerprint density at radius 2 is 1.70 bits per heavy atom. The van der Waals surface area contributed by atoms with Gasteiger partial charge in [-0.15, -0.1) is 46.6 Å². The molecule has 0 saturated heterocycles. The SMILES string of the molecule is C/C(S)=C/C=C(\C)c1ncc(-c2cnc(-c3ccc(C)s3)s2)s1. The summed E-state index contributed by atoms with van der Waals surface area (Å²) in [5.41, 5.74) is 1.15. The van der Waals surface area contributed by atoms with E-state index in [4.69, 9.17) is 0 Å². The van der Waals surface area contributed by atoms with Gasteiger partial charge in [-0.2, -0.15) is 0 Å². The van der Waals surface area contributed by atoms with Crippen LogP contribution < -0.4 is 0 Å². The summed E-state index contributed by atoms with van der Waals surface area (Å²) >= 11 is 9.48. The lowest BCUT2D eigenvalue weighted by Gasteiger charge is -1.92. The lowest BCUT2D eigenvalue weighted by atomic mass is 10.3. The Hall–Kier alpha value is -1.21. The molecular weight excluding hydrogens is 360 g/mol. The standard InChI is InChI=1S/C17H16N2S4/c1-10(4-5-11(2)20)16-18-8-14(22-16)15-9-19-17(23-15)13-7-6-12(3)21-13/h4-9,20H,1-3H3/b10-4+,11-5-. The van der Waals surface area contributed by atoms with Gasteiger partial charge in [-0.05, 0) is 43.4 Å². The summed E-state index contributed by atoms with van der Waals surface area (Å²) < 4.78 is 0. The van der Waals surface area contributed by atoms with Crippen LogP contribution in [0.25, 0.3) is 25.2 Å². The highest BCUT2D eigenvalue weighted by Gasteiger charge is 2.11. The number of thiophene rings is 1. The van der Waals surface area contributed by atoms with Gasteiger partial charge in [-0.3, -0.25) is 0 Å². The van der Waals surface area contributed by atoms with E-state index >= 15 is 0 Å². The van der Waals surface area contributed by atoms with Gasteiger partial charge in [0.15, 0.2) is 0 Å². The minimum absolute atomic E-state index is 0.986. The summed E-state index contributed by atoms with van der Waals surface area (Å²) in [5.74, 6) is 0. The highest BCUT2D eigenvalue weighted by Crippen LogP contribution is 2.38. The number of hydrogen-bond acceptors (Lipinski definition) is 6. The first-order valence-electron chi connectivity index (χ1n) is 7.06. The normalized spacial score (nSPS) is 12.9. The van der Waals surface area contributed by atoms with E-state index in [1.165, 1.54) is 14.6 Å². The fourth-order valence-electron chi connectivity index (χ4n) is 1.94. The van der Waals surface area contributed by atoms with Crippen LogP contribution in [-0.4, -0.2) is 9.97 Å². The Labute approximate surface area is 153 Å². The second kappa shape index (κ2) is 7.13. The number of aryl methyl sites for hydroxylation is 1. The average molecular weight is 377 g/mol. The zero-order chi connectivity index (χ0) is 16.4. The van der Waals surface area contributed by atoms with Crippen molar-refractivity contribution in [2.75, 3.05) is 0 Å². The van der Waals surface area contributed by atoms with Crippen LogP contribution >= 0.6 is 46.6 Å². The number of hydrogen-bond donors (Lipinski definition) is 1. The van der Waals surface area contributed by atoms with Crippen LogP contribution in [0.2, 0.25) is 0 Å².